The summed E-state index contributed by atoms with van der Waals surface area (Å²) in [5.41, 5.74) is -0.725. The van der Waals surface area contributed by atoms with Crippen LogP contribution < -0.4 is 0 Å². The highest BCUT2D eigenvalue weighted by atomic mass is 19.4. The van der Waals surface area contributed by atoms with Crippen LogP contribution in [-0.2, 0) is 0 Å². The Morgan fingerprint density at radius 2 is 2.18 bits per heavy atom. The average molecular weight is 165 g/mol. The van der Waals surface area contributed by atoms with E-state index in [1.165, 1.54) is 0 Å². The molecule has 0 unspecified atom stereocenters. The maximum Gasteiger partial charge on any atom is 0.456 e. The van der Waals surface area contributed by atoms with E-state index in [0.29, 0.717) is 0 Å². The number of alkyl halides is 3. The van der Waals surface area contributed by atoms with Crippen molar-refractivity contribution in [2.24, 2.45) is 0 Å². The Hall–Kier alpha value is -1.33. The van der Waals surface area contributed by atoms with Gasteiger partial charge in [0.15, 0.2) is 5.69 Å². The van der Waals surface area contributed by atoms with Crippen LogP contribution in [-0.4, -0.2) is 17.1 Å². The van der Waals surface area contributed by atoms with Gasteiger partial charge in [0.1, 0.15) is 6.26 Å². The summed E-state index contributed by atoms with van der Waals surface area (Å²) >= 11 is 0. The molecule has 0 saturated carbocycles. The molecular formula is C5H2F3NO2. The number of hydrogen-bond donors (Lipinski definition) is 0. The fourth-order valence-electron chi connectivity index (χ4n) is 0.475. The molecule has 0 fully saturated rings. The van der Waals surface area contributed by atoms with E-state index in [0.717, 1.165) is 12.3 Å². The van der Waals surface area contributed by atoms with Gasteiger partial charge in [-0.2, -0.15) is 13.2 Å². The summed E-state index contributed by atoms with van der Waals surface area (Å²) < 4.78 is 38.8. The molecule has 0 aliphatic heterocycles. The van der Waals surface area contributed by atoms with Crippen LogP contribution in [0.5, 0.6) is 0 Å². The quantitative estimate of drug-likeness (QED) is 0.591. The van der Waals surface area contributed by atoms with E-state index in [1.807, 2.05) is 0 Å². The maximum absolute atomic E-state index is 11.6. The SMILES string of the molecule is O=C(c1ccon1)C(F)(F)F. The molecule has 6 heteroatoms. The normalized spacial score (nSPS) is 11.5. The minimum Gasteiger partial charge on any atom is -0.364 e. The van der Waals surface area contributed by atoms with E-state index in [-0.39, 0.29) is 0 Å². The second kappa shape index (κ2) is 2.37. The Bertz CT molecular complexity index is 251. The number of carbonyl (C=O) groups is 1. The smallest absolute Gasteiger partial charge is 0.364 e. The largest absolute Gasteiger partial charge is 0.456 e. The standard InChI is InChI=1S/C5H2F3NO2/c6-5(7,8)4(10)3-1-2-11-9-3/h1-2H. The lowest BCUT2D eigenvalue weighted by Gasteiger charge is -1.99. The zero-order valence-corrected chi connectivity index (χ0v) is 5.05. The zero-order chi connectivity index (χ0) is 8.48. The first-order valence-electron chi connectivity index (χ1n) is 2.53. The van der Waals surface area contributed by atoms with E-state index >= 15 is 0 Å². The number of Topliss-reactive ketones (excluding diaryl/α,β-unsaturated/α-hetero) is 1. The molecule has 60 valence electrons. The van der Waals surface area contributed by atoms with E-state index in [1.54, 1.807) is 0 Å². The summed E-state index contributed by atoms with van der Waals surface area (Å²) in [5, 5.41) is 2.84. The Kier molecular flexibility index (Phi) is 1.67. The summed E-state index contributed by atoms with van der Waals surface area (Å²) in [4.78, 5) is 10.3. The molecule has 3 nitrogen and oxygen atoms in total. The van der Waals surface area contributed by atoms with Gasteiger partial charge in [0.2, 0.25) is 0 Å². The molecule has 1 aromatic heterocycles. The molecule has 1 aromatic rings. The van der Waals surface area contributed by atoms with Gasteiger partial charge in [-0.3, -0.25) is 4.79 Å². The lowest BCUT2D eigenvalue weighted by molar-refractivity contribution is -0.0889. The van der Waals surface area contributed by atoms with Crippen molar-refractivity contribution in [3.8, 4) is 0 Å². The monoisotopic (exact) mass is 165 g/mol. The highest BCUT2D eigenvalue weighted by Gasteiger charge is 2.40. The number of halogens is 3. The van der Waals surface area contributed by atoms with E-state index in [2.05, 4.69) is 9.68 Å². The van der Waals surface area contributed by atoms with Crippen LogP contribution >= 0.6 is 0 Å². The van der Waals surface area contributed by atoms with Gasteiger partial charge in [-0.05, 0) is 0 Å². The minimum atomic E-state index is -4.88. The Balaban J connectivity index is 2.88. The lowest BCUT2D eigenvalue weighted by atomic mass is 10.3. The molecule has 0 radical (unpaired) electrons. The predicted molar refractivity (Wildman–Crippen MR) is 26.9 cm³/mol. The van der Waals surface area contributed by atoms with Gasteiger partial charge < -0.3 is 4.52 Å². The van der Waals surface area contributed by atoms with Gasteiger partial charge in [0, 0.05) is 6.07 Å². The Labute approximate surface area is 58.8 Å². The van der Waals surface area contributed by atoms with Crippen LogP contribution in [0.1, 0.15) is 10.5 Å². The zero-order valence-electron chi connectivity index (χ0n) is 5.05. The van der Waals surface area contributed by atoms with E-state index in [9.17, 15) is 18.0 Å². The molecule has 0 spiro atoms. The second-order valence-corrected chi connectivity index (χ2v) is 1.71. The molecule has 1 rings (SSSR count). The van der Waals surface area contributed by atoms with Crippen LogP contribution in [0.25, 0.3) is 0 Å². The number of nitrogens with zero attached hydrogens (tertiary/aromatic N) is 1. The second-order valence-electron chi connectivity index (χ2n) is 1.71. The molecular weight excluding hydrogens is 163 g/mol. The number of aromatic nitrogens is 1. The third-order valence-electron chi connectivity index (χ3n) is 0.928. The molecule has 0 atom stereocenters. The molecule has 1 heterocycles. The summed E-state index contributed by atoms with van der Waals surface area (Å²) in [6.45, 7) is 0. The van der Waals surface area contributed by atoms with Crippen LogP contribution in [0.2, 0.25) is 0 Å². The van der Waals surface area contributed by atoms with Crippen molar-refractivity contribution >= 4 is 5.78 Å². The van der Waals surface area contributed by atoms with Gasteiger partial charge in [0.05, 0.1) is 0 Å². The molecule has 0 amide bonds. The van der Waals surface area contributed by atoms with Crippen LogP contribution in [0.4, 0.5) is 13.2 Å². The van der Waals surface area contributed by atoms with Gasteiger partial charge >= 0.3 is 6.18 Å². The van der Waals surface area contributed by atoms with Crippen LogP contribution in [0.3, 0.4) is 0 Å². The fourth-order valence-corrected chi connectivity index (χ4v) is 0.475. The third kappa shape index (κ3) is 1.57. The highest BCUT2D eigenvalue weighted by molar-refractivity contribution is 5.98. The molecule has 0 aliphatic rings. The summed E-state index contributed by atoms with van der Waals surface area (Å²) in [6, 6.07) is 0.857. The van der Waals surface area contributed by atoms with Crippen LogP contribution in [0.15, 0.2) is 16.9 Å². The highest BCUT2D eigenvalue weighted by Crippen LogP contribution is 2.19. The van der Waals surface area contributed by atoms with Crippen LogP contribution in [0, 0.1) is 0 Å². The summed E-state index contributed by atoms with van der Waals surface area (Å²) in [7, 11) is 0. The Morgan fingerprint density at radius 3 is 2.55 bits per heavy atom. The molecule has 11 heavy (non-hydrogen) atoms. The van der Waals surface area contributed by atoms with Crippen molar-refractivity contribution in [3.05, 3.63) is 18.0 Å². The van der Waals surface area contributed by atoms with Gasteiger partial charge in [-0.15, -0.1) is 0 Å². The number of hydrogen-bond acceptors (Lipinski definition) is 3. The number of carbonyl (C=O) groups excluding carboxylic acids is 1. The summed E-state index contributed by atoms with van der Waals surface area (Å²) in [6.07, 6.45) is -3.98. The minimum absolute atomic E-state index is 0.725. The number of rotatable bonds is 1. The van der Waals surface area contributed by atoms with Crippen molar-refractivity contribution in [1.29, 1.82) is 0 Å². The fraction of sp³-hybridized carbons (Fsp3) is 0.200. The third-order valence-corrected chi connectivity index (χ3v) is 0.928. The first-order chi connectivity index (χ1) is 5.02. The van der Waals surface area contributed by atoms with E-state index in [4.69, 9.17) is 0 Å². The van der Waals surface area contributed by atoms with E-state index < -0.39 is 17.7 Å². The Morgan fingerprint density at radius 1 is 1.55 bits per heavy atom. The van der Waals surface area contributed by atoms with Gasteiger partial charge in [-0.1, -0.05) is 5.16 Å². The molecule has 0 aromatic carbocycles. The maximum atomic E-state index is 11.6. The van der Waals surface area contributed by atoms with Crippen molar-refractivity contribution in [1.82, 2.24) is 5.16 Å². The van der Waals surface area contributed by atoms with Crippen molar-refractivity contribution in [3.63, 3.8) is 0 Å². The first kappa shape index (κ1) is 7.77. The van der Waals surface area contributed by atoms with Crippen molar-refractivity contribution in [2.75, 3.05) is 0 Å². The van der Waals surface area contributed by atoms with Gasteiger partial charge in [-0.25, -0.2) is 0 Å². The number of ketones is 1. The lowest BCUT2D eigenvalue weighted by Crippen LogP contribution is -2.22. The predicted octanol–water partition coefficient (Wildman–Crippen LogP) is 1.42. The van der Waals surface area contributed by atoms with Gasteiger partial charge in [0.25, 0.3) is 5.78 Å². The molecule has 0 N–H and O–H groups in total. The molecule has 0 aliphatic carbocycles. The van der Waals surface area contributed by atoms with Crippen molar-refractivity contribution in [2.45, 2.75) is 6.18 Å². The molecule has 0 bridgehead atoms. The topological polar surface area (TPSA) is 43.1 Å². The average Bonchev–Trinajstić information content (AvgIpc) is 2.34. The summed E-state index contributed by atoms with van der Waals surface area (Å²) in [5.74, 6) is -1.99. The molecule has 0 saturated heterocycles. The van der Waals surface area contributed by atoms with Crippen molar-refractivity contribution < 1.29 is 22.5 Å². The first-order valence-corrected chi connectivity index (χ1v) is 2.53.